The Morgan fingerprint density at radius 1 is 1.03 bits per heavy atom. The molecular weight excluding hydrogens is 404 g/mol. The van der Waals surface area contributed by atoms with Gasteiger partial charge in [0.05, 0.1) is 13.2 Å². The minimum absolute atomic E-state index is 0.0978. The van der Waals surface area contributed by atoms with E-state index in [4.69, 9.17) is 9.84 Å². The first-order chi connectivity index (χ1) is 15.3. The van der Waals surface area contributed by atoms with Crippen LogP contribution in [0, 0.1) is 5.92 Å². The van der Waals surface area contributed by atoms with Crippen molar-refractivity contribution >= 4 is 17.9 Å². The normalized spacial score (nSPS) is 12.4. The number of aliphatic hydroxyl groups is 1. The van der Waals surface area contributed by atoms with Gasteiger partial charge in [-0.3, -0.25) is 9.59 Å². The number of aliphatic hydroxyl groups excluding tert-OH is 1. The topological polar surface area (TPSA) is 87.7 Å². The molecule has 0 saturated carbocycles. The fraction of sp³-hybridized carbons (Fsp3) is 0.385. The largest absolute Gasteiger partial charge is 0.493 e. The third-order valence-corrected chi connectivity index (χ3v) is 5.15. The van der Waals surface area contributed by atoms with E-state index in [9.17, 15) is 9.59 Å². The standard InChI is InChI=1S/C26H34N2O4/c1-5-19(4)17-32-23-12-10-22(11-13-23)25(30)28-24(26(31)27-14-15-29)16-20-6-8-21(9-7-20)18(2)3/h6-13,16,18-19,29H,5,14-15,17H2,1-4H3,(H,27,31)(H,28,30)/b24-16-. The number of ether oxygens (including phenoxy) is 1. The summed E-state index contributed by atoms with van der Waals surface area (Å²) in [4.78, 5) is 25.3. The summed E-state index contributed by atoms with van der Waals surface area (Å²) in [6.07, 6.45) is 2.66. The summed E-state index contributed by atoms with van der Waals surface area (Å²) in [5.74, 6) is 0.690. The summed E-state index contributed by atoms with van der Waals surface area (Å²) in [6, 6.07) is 14.6. The highest BCUT2D eigenvalue weighted by Gasteiger charge is 2.15. The van der Waals surface area contributed by atoms with Crippen molar-refractivity contribution in [3.8, 4) is 5.75 Å². The highest BCUT2D eigenvalue weighted by molar-refractivity contribution is 6.05. The first kappa shape index (κ1) is 25.1. The van der Waals surface area contributed by atoms with E-state index in [0.29, 0.717) is 29.8 Å². The lowest BCUT2D eigenvalue weighted by Crippen LogP contribution is -2.36. The molecule has 2 aromatic carbocycles. The van der Waals surface area contributed by atoms with E-state index < -0.39 is 11.8 Å². The predicted octanol–water partition coefficient (Wildman–Crippen LogP) is 4.11. The molecular formula is C26H34N2O4. The second-order valence-corrected chi connectivity index (χ2v) is 8.16. The van der Waals surface area contributed by atoms with Crippen LogP contribution in [0.1, 0.15) is 61.5 Å². The van der Waals surface area contributed by atoms with Crippen LogP contribution in [0.4, 0.5) is 0 Å². The molecule has 2 amide bonds. The fourth-order valence-electron chi connectivity index (χ4n) is 2.82. The molecule has 1 unspecified atom stereocenters. The van der Waals surface area contributed by atoms with Crippen LogP contribution in [0.3, 0.4) is 0 Å². The van der Waals surface area contributed by atoms with Crippen LogP contribution < -0.4 is 15.4 Å². The quantitative estimate of drug-likeness (QED) is 0.461. The molecule has 3 N–H and O–H groups in total. The van der Waals surface area contributed by atoms with Gasteiger partial charge in [0.2, 0.25) is 0 Å². The molecule has 6 nitrogen and oxygen atoms in total. The highest BCUT2D eigenvalue weighted by Crippen LogP contribution is 2.17. The van der Waals surface area contributed by atoms with Crippen LogP contribution in [-0.2, 0) is 4.79 Å². The first-order valence-electron chi connectivity index (χ1n) is 11.1. The zero-order chi connectivity index (χ0) is 23.5. The monoisotopic (exact) mass is 438 g/mol. The van der Waals surface area contributed by atoms with E-state index in [0.717, 1.165) is 12.0 Å². The van der Waals surface area contributed by atoms with E-state index in [-0.39, 0.29) is 18.8 Å². The predicted molar refractivity (Wildman–Crippen MR) is 127 cm³/mol. The van der Waals surface area contributed by atoms with Gasteiger partial charge in [-0.05, 0) is 53.3 Å². The van der Waals surface area contributed by atoms with Crippen LogP contribution in [0.15, 0.2) is 54.2 Å². The summed E-state index contributed by atoms with van der Waals surface area (Å²) in [5.41, 5.74) is 2.50. The number of hydrogen-bond acceptors (Lipinski definition) is 4. The zero-order valence-electron chi connectivity index (χ0n) is 19.4. The van der Waals surface area contributed by atoms with Crippen molar-refractivity contribution in [1.82, 2.24) is 10.6 Å². The van der Waals surface area contributed by atoms with Gasteiger partial charge in [-0.25, -0.2) is 0 Å². The molecule has 0 aliphatic carbocycles. The summed E-state index contributed by atoms with van der Waals surface area (Å²) in [6.45, 7) is 8.99. The zero-order valence-corrected chi connectivity index (χ0v) is 19.4. The maximum atomic E-state index is 12.8. The molecule has 2 rings (SSSR count). The number of carbonyl (C=O) groups excluding carboxylic acids is 2. The Morgan fingerprint density at radius 2 is 1.69 bits per heavy atom. The minimum Gasteiger partial charge on any atom is -0.493 e. The number of nitrogens with one attached hydrogen (secondary N) is 2. The van der Waals surface area contributed by atoms with Gasteiger partial charge < -0.3 is 20.5 Å². The van der Waals surface area contributed by atoms with Crippen LogP contribution in [0.2, 0.25) is 0 Å². The Bertz CT molecular complexity index is 902. The van der Waals surface area contributed by atoms with Crippen molar-refractivity contribution < 1.29 is 19.4 Å². The summed E-state index contributed by atoms with van der Waals surface area (Å²) in [5, 5.41) is 14.3. The molecule has 0 radical (unpaired) electrons. The van der Waals surface area contributed by atoms with Crippen molar-refractivity contribution in [2.24, 2.45) is 5.92 Å². The maximum Gasteiger partial charge on any atom is 0.267 e. The van der Waals surface area contributed by atoms with E-state index in [2.05, 4.69) is 38.3 Å². The smallest absolute Gasteiger partial charge is 0.267 e. The second-order valence-electron chi connectivity index (χ2n) is 8.16. The number of amides is 2. The average Bonchev–Trinajstić information content (AvgIpc) is 2.81. The lowest BCUT2D eigenvalue weighted by molar-refractivity contribution is -0.117. The van der Waals surface area contributed by atoms with Gasteiger partial charge in [0.15, 0.2) is 0 Å². The number of rotatable bonds is 11. The van der Waals surface area contributed by atoms with Gasteiger partial charge in [-0.2, -0.15) is 0 Å². The molecule has 0 aliphatic rings. The summed E-state index contributed by atoms with van der Waals surface area (Å²) < 4.78 is 5.73. The summed E-state index contributed by atoms with van der Waals surface area (Å²) in [7, 11) is 0. The third-order valence-electron chi connectivity index (χ3n) is 5.15. The van der Waals surface area contributed by atoms with Gasteiger partial charge >= 0.3 is 0 Å². The number of carbonyl (C=O) groups is 2. The average molecular weight is 439 g/mol. The molecule has 0 bridgehead atoms. The van der Waals surface area contributed by atoms with Gasteiger partial charge in [-0.15, -0.1) is 0 Å². The van der Waals surface area contributed by atoms with Gasteiger partial charge in [0, 0.05) is 12.1 Å². The molecule has 0 heterocycles. The van der Waals surface area contributed by atoms with Crippen molar-refractivity contribution in [1.29, 1.82) is 0 Å². The Labute approximate surface area is 190 Å². The molecule has 0 spiro atoms. The number of hydrogen-bond donors (Lipinski definition) is 3. The molecule has 172 valence electrons. The maximum absolute atomic E-state index is 12.8. The molecule has 1 atom stereocenters. The van der Waals surface area contributed by atoms with Crippen LogP contribution >= 0.6 is 0 Å². The highest BCUT2D eigenvalue weighted by atomic mass is 16.5. The third kappa shape index (κ3) is 7.85. The lowest BCUT2D eigenvalue weighted by Gasteiger charge is -2.13. The molecule has 32 heavy (non-hydrogen) atoms. The van der Waals surface area contributed by atoms with E-state index in [1.807, 2.05) is 24.3 Å². The van der Waals surface area contributed by atoms with Gasteiger partial charge in [0.1, 0.15) is 11.4 Å². The van der Waals surface area contributed by atoms with E-state index >= 15 is 0 Å². The van der Waals surface area contributed by atoms with Crippen molar-refractivity contribution in [3.63, 3.8) is 0 Å². The van der Waals surface area contributed by atoms with Gasteiger partial charge in [-0.1, -0.05) is 58.4 Å². The molecule has 0 fully saturated rings. The van der Waals surface area contributed by atoms with Gasteiger partial charge in [0.25, 0.3) is 11.8 Å². The Balaban J connectivity index is 2.15. The SMILES string of the molecule is CCC(C)COc1ccc(C(=O)N/C(=C\c2ccc(C(C)C)cc2)C(=O)NCCO)cc1. The van der Waals surface area contributed by atoms with Crippen LogP contribution in [0.5, 0.6) is 5.75 Å². The Morgan fingerprint density at radius 3 is 2.25 bits per heavy atom. The van der Waals surface area contributed by atoms with Crippen LogP contribution in [-0.4, -0.2) is 36.7 Å². The Kier molecular flexibility index (Phi) is 9.95. The van der Waals surface area contributed by atoms with Crippen LogP contribution in [0.25, 0.3) is 6.08 Å². The van der Waals surface area contributed by atoms with Crippen molar-refractivity contribution in [2.75, 3.05) is 19.8 Å². The number of benzene rings is 2. The van der Waals surface area contributed by atoms with Crippen molar-refractivity contribution in [2.45, 2.75) is 40.0 Å². The lowest BCUT2D eigenvalue weighted by atomic mass is 10.0. The van der Waals surface area contributed by atoms with E-state index in [1.165, 1.54) is 5.56 Å². The van der Waals surface area contributed by atoms with E-state index in [1.54, 1.807) is 30.3 Å². The molecule has 6 heteroatoms. The minimum atomic E-state index is -0.464. The molecule has 0 saturated heterocycles. The first-order valence-corrected chi connectivity index (χ1v) is 11.1. The summed E-state index contributed by atoms with van der Waals surface area (Å²) >= 11 is 0. The molecule has 0 aliphatic heterocycles. The fourth-order valence-corrected chi connectivity index (χ4v) is 2.82. The second kappa shape index (κ2) is 12.7. The Hall–Kier alpha value is -3.12. The molecule has 2 aromatic rings. The molecule has 0 aromatic heterocycles. The van der Waals surface area contributed by atoms with Crippen molar-refractivity contribution in [3.05, 3.63) is 70.9 Å².